The summed E-state index contributed by atoms with van der Waals surface area (Å²) >= 11 is 1.29. The lowest BCUT2D eigenvalue weighted by Gasteiger charge is -2.10. The third-order valence-electron chi connectivity index (χ3n) is 9.49. The fraction of sp³-hybridized carbons (Fsp3) is 0.818. The van der Waals surface area contributed by atoms with Gasteiger partial charge in [-0.05, 0) is 64.2 Å². The molecule has 0 amide bonds. The Kier molecular flexibility index (Phi) is 34.0. The number of unbranched alkanes of at least 4 members (excludes halogenated alkanes) is 22. The van der Waals surface area contributed by atoms with Crippen molar-refractivity contribution in [3.05, 3.63) is 34.3 Å². The molecule has 0 saturated carbocycles. The second-order valence-corrected chi connectivity index (χ2v) is 16.0. The number of carbonyl (C=O) groups excluding carboxylic acids is 2. The van der Waals surface area contributed by atoms with E-state index in [2.05, 4.69) is 48.3 Å². The summed E-state index contributed by atoms with van der Waals surface area (Å²) in [5, 5.41) is 30.1. The summed E-state index contributed by atoms with van der Waals surface area (Å²) in [5.41, 5.74) is 0. The molecule has 1 aromatic rings. The molecular formula is C44H78N2O6S. The van der Waals surface area contributed by atoms with Crippen LogP contribution in [0.4, 0.5) is 0 Å². The van der Waals surface area contributed by atoms with Crippen molar-refractivity contribution in [3.63, 3.8) is 0 Å². The van der Waals surface area contributed by atoms with E-state index in [1.807, 2.05) is 0 Å². The number of carbonyl (C=O) groups is 2. The maximum absolute atomic E-state index is 12.1. The molecule has 0 aliphatic rings. The van der Waals surface area contributed by atoms with Gasteiger partial charge >= 0.3 is 11.9 Å². The normalized spacial score (nSPS) is 12.9. The molecule has 2 N–H and O–H groups in total. The van der Waals surface area contributed by atoms with Crippen LogP contribution in [-0.2, 0) is 31.9 Å². The van der Waals surface area contributed by atoms with Crippen LogP contribution < -0.4 is 0 Å². The Balaban J connectivity index is 1.99. The van der Waals surface area contributed by atoms with Gasteiger partial charge in [0.05, 0.1) is 12.2 Å². The quantitative estimate of drug-likeness (QED) is 0.0388. The van der Waals surface area contributed by atoms with Crippen LogP contribution in [0.1, 0.15) is 204 Å². The van der Waals surface area contributed by atoms with Gasteiger partial charge < -0.3 is 19.7 Å². The largest absolute Gasteiger partial charge is 0.463 e. The maximum Gasteiger partial charge on any atom is 0.305 e. The summed E-state index contributed by atoms with van der Waals surface area (Å²) in [7, 11) is 0. The Morgan fingerprint density at radius 2 is 0.811 bits per heavy atom. The molecule has 2 unspecified atom stereocenters. The lowest BCUT2D eigenvalue weighted by Crippen LogP contribution is -2.21. The van der Waals surface area contributed by atoms with Crippen LogP contribution in [0.25, 0.3) is 0 Å². The van der Waals surface area contributed by atoms with Gasteiger partial charge in [0.1, 0.15) is 23.2 Å². The first kappa shape index (κ1) is 48.9. The van der Waals surface area contributed by atoms with Crippen LogP contribution in [0.15, 0.2) is 24.3 Å². The first-order valence-electron chi connectivity index (χ1n) is 21.7. The summed E-state index contributed by atoms with van der Waals surface area (Å²) in [6.45, 7) is 4.36. The SMILES string of the molecule is CCCCCCCCC=CCCCCCCCC(=O)OCC(O)Cc1nnc(CC(O)COC(=O)CCCCCCCC=CCCCCCCCC)s1. The molecule has 0 bridgehead atoms. The molecule has 0 aliphatic carbocycles. The molecule has 0 fully saturated rings. The first-order valence-corrected chi connectivity index (χ1v) is 22.5. The molecule has 0 aromatic carbocycles. The van der Waals surface area contributed by atoms with Gasteiger partial charge in [0.2, 0.25) is 0 Å². The van der Waals surface area contributed by atoms with Crippen LogP contribution >= 0.6 is 11.3 Å². The third-order valence-corrected chi connectivity index (χ3v) is 10.5. The number of aliphatic hydroxyl groups is 2. The molecule has 0 spiro atoms. The summed E-state index contributed by atoms with van der Waals surface area (Å²) < 4.78 is 10.5. The zero-order valence-electron chi connectivity index (χ0n) is 33.9. The Hall–Kier alpha value is -2.10. The van der Waals surface area contributed by atoms with Crippen LogP contribution in [0.5, 0.6) is 0 Å². The monoisotopic (exact) mass is 763 g/mol. The molecule has 1 aromatic heterocycles. The molecule has 1 heterocycles. The summed E-state index contributed by atoms with van der Waals surface area (Å²) in [6, 6.07) is 0. The van der Waals surface area contributed by atoms with Crippen molar-refractivity contribution in [2.75, 3.05) is 13.2 Å². The first-order chi connectivity index (χ1) is 25.9. The van der Waals surface area contributed by atoms with Gasteiger partial charge in [-0.25, -0.2) is 0 Å². The van der Waals surface area contributed by atoms with E-state index in [0.29, 0.717) is 22.9 Å². The molecule has 306 valence electrons. The maximum atomic E-state index is 12.1. The minimum absolute atomic E-state index is 0.0753. The smallest absolute Gasteiger partial charge is 0.305 e. The fourth-order valence-corrected chi connectivity index (χ4v) is 7.16. The Labute approximate surface area is 328 Å². The molecule has 8 nitrogen and oxygen atoms in total. The summed E-state index contributed by atoms with van der Waals surface area (Å²) in [6.07, 6.45) is 40.2. The Morgan fingerprint density at radius 3 is 1.15 bits per heavy atom. The van der Waals surface area contributed by atoms with E-state index in [9.17, 15) is 19.8 Å². The summed E-state index contributed by atoms with van der Waals surface area (Å²) in [5.74, 6) is -0.566. The van der Waals surface area contributed by atoms with Crippen molar-refractivity contribution in [1.82, 2.24) is 10.2 Å². The van der Waals surface area contributed by atoms with Crippen molar-refractivity contribution in [1.29, 1.82) is 0 Å². The van der Waals surface area contributed by atoms with Gasteiger partial charge in [0.25, 0.3) is 0 Å². The van der Waals surface area contributed by atoms with Gasteiger partial charge in [-0.3, -0.25) is 9.59 Å². The molecule has 2 atom stereocenters. The number of hydrogen-bond donors (Lipinski definition) is 2. The van der Waals surface area contributed by atoms with Crippen molar-refractivity contribution >= 4 is 23.3 Å². The number of ether oxygens (including phenoxy) is 2. The van der Waals surface area contributed by atoms with Crippen LogP contribution in [0, 0.1) is 0 Å². The number of allylic oxidation sites excluding steroid dienone is 4. The topological polar surface area (TPSA) is 119 Å². The van der Waals surface area contributed by atoms with Crippen LogP contribution in [0.2, 0.25) is 0 Å². The lowest BCUT2D eigenvalue weighted by atomic mass is 10.1. The Bertz CT molecular complexity index is 966. The van der Waals surface area contributed by atoms with Crippen LogP contribution in [0.3, 0.4) is 0 Å². The second-order valence-electron chi connectivity index (χ2n) is 14.8. The number of nitrogens with zero attached hydrogens (tertiary/aromatic N) is 2. The predicted octanol–water partition coefficient (Wildman–Crippen LogP) is 11.5. The van der Waals surface area contributed by atoms with Crippen LogP contribution in [-0.4, -0.2) is 57.8 Å². The molecule has 9 heteroatoms. The molecule has 1 rings (SSSR count). The van der Waals surface area contributed by atoms with Gasteiger partial charge in [-0.15, -0.1) is 21.5 Å². The Morgan fingerprint density at radius 1 is 0.509 bits per heavy atom. The number of rotatable bonds is 38. The van der Waals surface area contributed by atoms with E-state index in [-0.39, 0.29) is 38.0 Å². The summed E-state index contributed by atoms with van der Waals surface area (Å²) in [4.78, 5) is 24.2. The number of hydrogen-bond acceptors (Lipinski definition) is 9. The van der Waals surface area contributed by atoms with Gasteiger partial charge in [-0.2, -0.15) is 0 Å². The van der Waals surface area contributed by atoms with E-state index in [1.54, 1.807) is 0 Å². The number of aliphatic hydroxyl groups excluding tert-OH is 2. The zero-order valence-corrected chi connectivity index (χ0v) is 34.7. The fourth-order valence-electron chi connectivity index (χ4n) is 6.18. The highest BCUT2D eigenvalue weighted by atomic mass is 32.1. The molecule has 0 aliphatic heterocycles. The predicted molar refractivity (Wildman–Crippen MR) is 220 cm³/mol. The van der Waals surface area contributed by atoms with E-state index in [1.165, 1.54) is 127 Å². The highest BCUT2D eigenvalue weighted by Crippen LogP contribution is 2.16. The van der Waals surface area contributed by atoms with E-state index >= 15 is 0 Å². The molecule has 53 heavy (non-hydrogen) atoms. The van der Waals surface area contributed by atoms with Gasteiger partial charge in [0.15, 0.2) is 0 Å². The number of esters is 2. The van der Waals surface area contributed by atoms with Crippen molar-refractivity contribution in [2.24, 2.45) is 0 Å². The molecular weight excluding hydrogens is 685 g/mol. The minimum Gasteiger partial charge on any atom is -0.463 e. The average Bonchev–Trinajstić information content (AvgIpc) is 3.59. The highest BCUT2D eigenvalue weighted by Gasteiger charge is 2.16. The van der Waals surface area contributed by atoms with Crippen molar-refractivity contribution in [2.45, 2.75) is 219 Å². The van der Waals surface area contributed by atoms with Crippen molar-refractivity contribution in [3.8, 4) is 0 Å². The lowest BCUT2D eigenvalue weighted by molar-refractivity contribution is -0.147. The highest BCUT2D eigenvalue weighted by molar-refractivity contribution is 7.11. The minimum atomic E-state index is -0.865. The molecule has 0 radical (unpaired) electrons. The average molecular weight is 763 g/mol. The van der Waals surface area contributed by atoms with Gasteiger partial charge in [0, 0.05) is 25.7 Å². The standard InChI is InChI=1S/C44H78N2O6S/c1-3-5-7-9-11-13-15-17-19-21-23-25-27-29-31-33-43(49)51-37-39(47)35-41-45-46-42(53-41)36-40(48)38-52-44(50)34-32-30-28-26-24-22-20-18-16-14-12-10-8-6-4-2/h17-20,39-40,47-48H,3-16,21-38H2,1-2H3. The van der Waals surface area contributed by atoms with E-state index in [4.69, 9.17) is 9.47 Å². The zero-order chi connectivity index (χ0) is 38.5. The van der Waals surface area contributed by atoms with Gasteiger partial charge in [-0.1, -0.05) is 141 Å². The van der Waals surface area contributed by atoms with E-state index in [0.717, 1.165) is 51.4 Å². The van der Waals surface area contributed by atoms with Crippen molar-refractivity contribution < 1.29 is 29.3 Å². The van der Waals surface area contributed by atoms with E-state index < -0.39 is 12.2 Å². The second kappa shape index (κ2) is 36.9. The third kappa shape index (κ3) is 33.0. The number of aromatic nitrogens is 2. The molecule has 0 saturated heterocycles.